The van der Waals surface area contributed by atoms with Crippen LogP contribution in [0.4, 0.5) is 11.4 Å². The third kappa shape index (κ3) is 2.11. The molecule has 0 spiro atoms. The van der Waals surface area contributed by atoms with Gasteiger partial charge in [-0.25, -0.2) is 4.98 Å². The normalized spacial score (nSPS) is 13.7. The molecule has 1 aliphatic heterocycles. The van der Waals surface area contributed by atoms with Crippen molar-refractivity contribution in [1.29, 1.82) is 0 Å². The summed E-state index contributed by atoms with van der Waals surface area (Å²) in [7, 11) is 0. The second-order valence-electron chi connectivity index (χ2n) is 4.50. The van der Waals surface area contributed by atoms with Crippen LogP contribution in [0.2, 0.25) is 0 Å². The maximum absolute atomic E-state index is 12.5. The van der Waals surface area contributed by atoms with Gasteiger partial charge in [0.2, 0.25) is 5.91 Å². The Bertz CT molecular complexity index is 682. The molecule has 3 rings (SSSR count). The summed E-state index contributed by atoms with van der Waals surface area (Å²) in [5.41, 5.74) is 2.25. The number of nitrogens with one attached hydrogen (secondary N) is 1. The number of nitrogens with zero attached hydrogens (tertiary/aromatic N) is 3. The molecule has 2 aromatic rings. The number of amides is 2. The summed E-state index contributed by atoms with van der Waals surface area (Å²) in [6, 6.07) is 7.16. The van der Waals surface area contributed by atoms with E-state index in [0.717, 1.165) is 5.69 Å². The maximum Gasteiger partial charge on any atom is 0.279 e. The first-order valence-electron chi connectivity index (χ1n) is 6.14. The number of para-hydroxylation sites is 2. The van der Waals surface area contributed by atoms with Crippen LogP contribution in [-0.2, 0) is 4.79 Å². The third-order valence-corrected chi connectivity index (χ3v) is 3.02. The highest BCUT2D eigenvalue weighted by atomic mass is 16.2. The number of aryl methyl sites for hydroxylation is 1. The van der Waals surface area contributed by atoms with Crippen molar-refractivity contribution >= 4 is 23.2 Å². The van der Waals surface area contributed by atoms with Crippen molar-refractivity contribution in [3.63, 3.8) is 0 Å². The van der Waals surface area contributed by atoms with Crippen molar-refractivity contribution in [2.24, 2.45) is 0 Å². The minimum absolute atomic E-state index is 0.0224. The van der Waals surface area contributed by atoms with Crippen LogP contribution in [0, 0.1) is 6.92 Å². The Morgan fingerprint density at radius 3 is 2.80 bits per heavy atom. The molecule has 20 heavy (non-hydrogen) atoms. The predicted molar refractivity (Wildman–Crippen MR) is 73.5 cm³/mol. The SMILES string of the molecule is Cc1cnc(C(=O)N2CC(=O)Nc3ccccc32)cn1. The van der Waals surface area contributed by atoms with Gasteiger partial charge in [0.15, 0.2) is 0 Å². The van der Waals surface area contributed by atoms with Crippen molar-refractivity contribution in [2.45, 2.75) is 6.92 Å². The molecule has 2 amide bonds. The number of fused-ring (bicyclic) bond motifs is 1. The van der Waals surface area contributed by atoms with E-state index in [1.54, 1.807) is 25.1 Å². The van der Waals surface area contributed by atoms with E-state index in [-0.39, 0.29) is 24.1 Å². The molecule has 0 radical (unpaired) electrons. The Morgan fingerprint density at radius 1 is 1.25 bits per heavy atom. The first-order chi connectivity index (χ1) is 9.65. The number of benzene rings is 1. The van der Waals surface area contributed by atoms with Crippen molar-refractivity contribution < 1.29 is 9.59 Å². The van der Waals surface area contributed by atoms with Gasteiger partial charge in [-0.15, -0.1) is 0 Å². The largest absolute Gasteiger partial charge is 0.323 e. The van der Waals surface area contributed by atoms with Gasteiger partial charge in [-0.2, -0.15) is 0 Å². The van der Waals surface area contributed by atoms with Crippen LogP contribution >= 0.6 is 0 Å². The van der Waals surface area contributed by atoms with Crippen LogP contribution in [0.15, 0.2) is 36.7 Å². The number of aromatic nitrogens is 2. The van der Waals surface area contributed by atoms with E-state index in [1.165, 1.54) is 17.3 Å². The number of hydrogen-bond acceptors (Lipinski definition) is 4. The lowest BCUT2D eigenvalue weighted by Crippen LogP contribution is -2.42. The number of rotatable bonds is 1. The molecule has 0 saturated heterocycles. The van der Waals surface area contributed by atoms with Gasteiger partial charge in [-0.3, -0.25) is 19.5 Å². The Balaban J connectivity index is 1.99. The van der Waals surface area contributed by atoms with Crippen LogP contribution in [0.3, 0.4) is 0 Å². The Hall–Kier alpha value is -2.76. The van der Waals surface area contributed by atoms with Gasteiger partial charge < -0.3 is 5.32 Å². The molecule has 0 saturated carbocycles. The van der Waals surface area contributed by atoms with Crippen molar-refractivity contribution in [1.82, 2.24) is 9.97 Å². The lowest BCUT2D eigenvalue weighted by molar-refractivity contribution is -0.115. The number of carbonyl (C=O) groups is 2. The molecule has 100 valence electrons. The van der Waals surface area contributed by atoms with E-state index in [9.17, 15) is 9.59 Å². The molecule has 0 atom stereocenters. The summed E-state index contributed by atoms with van der Waals surface area (Å²) in [4.78, 5) is 33.7. The molecule has 6 heteroatoms. The number of anilines is 2. The fourth-order valence-electron chi connectivity index (χ4n) is 2.06. The van der Waals surface area contributed by atoms with Crippen LogP contribution in [0.5, 0.6) is 0 Å². The fourth-order valence-corrected chi connectivity index (χ4v) is 2.06. The molecule has 2 heterocycles. The molecule has 0 aliphatic carbocycles. The topological polar surface area (TPSA) is 75.2 Å². The molecule has 0 unspecified atom stereocenters. The summed E-state index contributed by atoms with van der Waals surface area (Å²) < 4.78 is 0. The summed E-state index contributed by atoms with van der Waals surface area (Å²) in [6.07, 6.45) is 2.95. The van der Waals surface area contributed by atoms with Gasteiger partial charge >= 0.3 is 0 Å². The van der Waals surface area contributed by atoms with E-state index in [2.05, 4.69) is 15.3 Å². The summed E-state index contributed by atoms with van der Waals surface area (Å²) in [5, 5.41) is 2.74. The zero-order chi connectivity index (χ0) is 14.1. The Kier molecular flexibility index (Phi) is 2.90. The quantitative estimate of drug-likeness (QED) is 0.848. The maximum atomic E-state index is 12.5. The molecule has 1 aromatic carbocycles. The fraction of sp³-hybridized carbons (Fsp3) is 0.143. The highest BCUT2D eigenvalue weighted by Gasteiger charge is 2.28. The molecular formula is C14H12N4O2. The summed E-state index contributed by atoms with van der Waals surface area (Å²) in [6.45, 7) is 1.77. The summed E-state index contributed by atoms with van der Waals surface area (Å²) in [5.74, 6) is -0.558. The first kappa shape index (κ1) is 12.3. The highest BCUT2D eigenvalue weighted by molar-refractivity contribution is 6.14. The minimum atomic E-state index is -0.334. The van der Waals surface area contributed by atoms with Crippen molar-refractivity contribution in [3.8, 4) is 0 Å². The van der Waals surface area contributed by atoms with Crippen LogP contribution in [0.25, 0.3) is 0 Å². The standard InChI is InChI=1S/C14H12N4O2/c1-9-6-16-11(7-15-9)14(20)18-8-13(19)17-10-4-2-3-5-12(10)18/h2-7H,8H2,1H3,(H,17,19). The lowest BCUT2D eigenvalue weighted by Gasteiger charge is -2.28. The van der Waals surface area contributed by atoms with Gasteiger partial charge in [0.05, 0.1) is 23.3 Å². The molecule has 1 aromatic heterocycles. The Morgan fingerprint density at radius 2 is 2.05 bits per heavy atom. The zero-order valence-electron chi connectivity index (χ0n) is 10.8. The molecule has 1 N–H and O–H groups in total. The average Bonchev–Trinajstić information content (AvgIpc) is 2.46. The lowest BCUT2D eigenvalue weighted by atomic mass is 10.2. The molecule has 6 nitrogen and oxygen atoms in total. The van der Waals surface area contributed by atoms with Gasteiger partial charge in [0.25, 0.3) is 5.91 Å². The van der Waals surface area contributed by atoms with Crippen molar-refractivity contribution in [2.75, 3.05) is 16.8 Å². The predicted octanol–water partition coefficient (Wildman–Crippen LogP) is 1.38. The van der Waals surface area contributed by atoms with Crippen molar-refractivity contribution in [3.05, 3.63) is 48.0 Å². The van der Waals surface area contributed by atoms with Gasteiger partial charge in [-0.05, 0) is 19.1 Å². The van der Waals surface area contributed by atoms with Crippen LogP contribution in [0.1, 0.15) is 16.2 Å². The number of carbonyl (C=O) groups excluding carboxylic acids is 2. The molecule has 1 aliphatic rings. The minimum Gasteiger partial charge on any atom is -0.323 e. The van der Waals surface area contributed by atoms with Crippen LogP contribution in [-0.4, -0.2) is 28.3 Å². The Labute approximate surface area is 115 Å². The number of hydrogen-bond donors (Lipinski definition) is 1. The van der Waals surface area contributed by atoms with E-state index >= 15 is 0 Å². The molecule has 0 fully saturated rings. The highest BCUT2D eigenvalue weighted by Crippen LogP contribution is 2.29. The van der Waals surface area contributed by atoms with E-state index < -0.39 is 0 Å². The van der Waals surface area contributed by atoms with Gasteiger partial charge in [0, 0.05) is 6.20 Å². The average molecular weight is 268 g/mol. The second kappa shape index (κ2) is 4.73. The smallest absolute Gasteiger partial charge is 0.279 e. The first-order valence-corrected chi connectivity index (χ1v) is 6.14. The zero-order valence-corrected chi connectivity index (χ0v) is 10.8. The van der Waals surface area contributed by atoms with E-state index in [0.29, 0.717) is 11.4 Å². The third-order valence-electron chi connectivity index (χ3n) is 3.02. The van der Waals surface area contributed by atoms with Gasteiger partial charge in [-0.1, -0.05) is 12.1 Å². The molecular weight excluding hydrogens is 256 g/mol. The van der Waals surface area contributed by atoms with E-state index in [4.69, 9.17) is 0 Å². The summed E-state index contributed by atoms with van der Waals surface area (Å²) >= 11 is 0. The van der Waals surface area contributed by atoms with Crippen LogP contribution < -0.4 is 10.2 Å². The van der Waals surface area contributed by atoms with E-state index in [1.807, 2.05) is 6.07 Å². The molecule has 0 bridgehead atoms. The second-order valence-corrected chi connectivity index (χ2v) is 4.50. The van der Waals surface area contributed by atoms with Gasteiger partial charge in [0.1, 0.15) is 12.2 Å². The monoisotopic (exact) mass is 268 g/mol.